The van der Waals surface area contributed by atoms with E-state index < -0.39 is 0 Å². The average molecular weight is 420 g/mol. The zero-order valence-electron chi connectivity index (χ0n) is 16.7. The van der Waals surface area contributed by atoms with Gasteiger partial charge in [-0.25, -0.2) is 9.98 Å². The molecule has 1 aromatic heterocycles. The Labute approximate surface area is 179 Å². The monoisotopic (exact) mass is 419 g/mol. The van der Waals surface area contributed by atoms with E-state index in [1.54, 1.807) is 6.20 Å². The Morgan fingerprint density at radius 2 is 1.87 bits per heavy atom. The van der Waals surface area contributed by atoms with Crippen LogP contribution in [0.25, 0.3) is 0 Å². The van der Waals surface area contributed by atoms with Gasteiger partial charge < -0.3 is 18.9 Å². The zero-order chi connectivity index (χ0) is 20.5. The van der Waals surface area contributed by atoms with Crippen molar-refractivity contribution in [2.45, 2.75) is 24.8 Å². The number of benzene rings is 2. The van der Waals surface area contributed by atoms with Crippen LogP contribution in [0.4, 0.5) is 11.5 Å². The number of nitrogens with one attached hydrogen (secondary N) is 1. The van der Waals surface area contributed by atoms with Gasteiger partial charge in [-0.3, -0.25) is 0 Å². The number of hydrogen-bond acceptors (Lipinski definition) is 7. The van der Waals surface area contributed by atoms with Crippen LogP contribution in [0.5, 0.6) is 17.2 Å². The molecule has 0 atom stereocenters. The van der Waals surface area contributed by atoms with Gasteiger partial charge in [0, 0.05) is 22.2 Å². The number of fused-ring (bicyclic) bond motifs is 2. The van der Waals surface area contributed by atoms with E-state index in [-0.39, 0.29) is 6.10 Å². The summed E-state index contributed by atoms with van der Waals surface area (Å²) < 4.78 is 20.3. The van der Waals surface area contributed by atoms with Crippen LogP contribution in [0.1, 0.15) is 25.0 Å². The molecule has 0 fully saturated rings. The van der Waals surface area contributed by atoms with E-state index in [2.05, 4.69) is 20.8 Å². The molecule has 3 heterocycles. The summed E-state index contributed by atoms with van der Waals surface area (Å²) in [6.07, 6.45) is 1.93. The van der Waals surface area contributed by atoms with E-state index in [4.69, 9.17) is 14.2 Å². The highest BCUT2D eigenvalue weighted by Crippen LogP contribution is 2.37. The Kier molecular flexibility index (Phi) is 4.96. The third-order valence-electron chi connectivity index (χ3n) is 4.65. The summed E-state index contributed by atoms with van der Waals surface area (Å²) in [6.45, 7) is 5.21. The molecule has 30 heavy (non-hydrogen) atoms. The molecule has 2 aliphatic rings. The molecule has 0 spiro atoms. The maximum Gasteiger partial charge on any atom is 0.162 e. The van der Waals surface area contributed by atoms with Gasteiger partial charge in [0.25, 0.3) is 0 Å². The summed E-state index contributed by atoms with van der Waals surface area (Å²) in [6, 6.07) is 15.9. The highest BCUT2D eigenvalue weighted by atomic mass is 32.2. The fourth-order valence-electron chi connectivity index (χ4n) is 3.33. The van der Waals surface area contributed by atoms with Crippen molar-refractivity contribution in [2.24, 2.45) is 4.99 Å². The summed E-state index contributed by atoms with van der Waals surface area (Å²) in [5, 5.41) is 0. The second kappa shape index (κ2) is 7.91. The van der Waals surface area contributed by atoms with E-state index in [0.717, 1.165) is 50.5 Å². The average Bonchev–Trinajstić information content (AvgIpc) is 2.74. The number of hydrogen-bond donors (Lipinski definition) is 1. The molecule has 7 heteroatoms. The van der Waals surface area contributed by atoms with Crippen molar-refractivity contribution in [3.8, 4) is 17.2 Å². The quantitative estimate of drug-likeness (QED) is 0.431. The minimum absolute atomic E-state index is 0.137. The number of nitrogens with zero attached hydrogens (tertiary/aromatic N) is 2. The van der Waals surface area contributed by atoms with Gasteiger partial charge in [-0.1, -0.05) is 0 Å². The molecule has 3 aromatic rings. The molecular formula is C23H21N3O3S. The Bertz CT molecular complexity index is 1130. The van der Waals surface area contributed by atoms with Crippen LogP contribution in [0.2, 0.25) is 0 Å². The molecule has 2 aliphatic heterocycles. The molecule has 0 radical (unpaired) electrons. The minimum atomic E-state index is 0.137. The normalized spacial score (nSPS) is 13.9. The second-order valence-corrected chi connectivity index (χ2v) is 8.12. The molecule has 0 bridgehead atoms. The van der Waals surface area contributed by atoms with Gasteiger partial charge >= 0.3 is 0 Å². The van der Waals surface area contributed by atoms with Gasteiger partial charge in [-0.2, -0.15) is 0 Å². The van der Waals surface area contributed by atoms with Crippen molar-refractivity contribution in [2.75, 3.05) is 17.9 Å². The first-order valence-corrected chi connectivity index (χ1v) is 10.7. The number of aliphatic imine (C=N–C) groups is 1. The van der Waals surface area contributed by atoms with Crippen molar-refractivity contribution < 1.29 is 14.2 Å². The van der Waals surface area contributed by atoms with Crippen molar-refractivity contribution >= 4 is 29.2 Å². The first-order valence-electron chi connectivity index (χ1n) is 9.84. The molecule has 5 rings (SSSR count). The van der Waals surface area contributed by atoms with Crippen LogP contribution in [-0.4, -0.2) is 30.0 Å². The number of anilines is 1. The third-order valence-corrected chi connectivity index (χ3v) is 5.45. The Morgan fingerprint density at radius 1 is 1.00 bits per heavy atom. The van der Waals surface area contributed by atoms with Gasteiger partial charge in [0.1, 0.15) is 24.8 Å². The Balaban J connectivity index is 1.30. The van der Waals surface area contributed by atoms with Crippen LogP contribution in [0, 0.1) is 0 Å². The topological polar surface area (TPSA) is 65.0 Å². The van der Waals surface area contributed by atoms with E-state index in [1.807, 2.05) is 56.3 Å². The van der Waals surface area contributed by atoms with Crippen LogP contribution >= 0.6 is 11.9 Å². The molecule has 0 saturated heterocycles. The molecular weight excluding hydrogens is 398 g/mol. The van der Waals surface area contributed by atoms with Crippen molar-refractivity contribution in [3.05, 3.63) is 65.9 Å². The van der Waals surface area contributed by atoms with E-state index in [1.165, 1.54) is 11.9 Å². The maximum absolute atomic E-state index is 5.82. The van der Waals surface area contributed by atoms with E-state index in [9.17, 15) is 0 Å². The highest BCUT2D eigenvalue weighted by molar-refractivity contribution is 8.00. The molecule has 1 N–H and O–H groups in total. The van der Waals surface area contributed by atoms with Crippen LogP contribution < -0.4 is 18.9 Å². The minimum Gasteiger partial charge on any atom is -0.491 e. The smallest absolute Gasteiger partial charge is 0.162 e. The molecule has 0 saturated carbocycles. The molecule has 6 nitrogen and oxygen atoms in total. The summed E-state index contributed by atoms with van der Waals surface area (Å²) >= 11 is 1.48. The first kappa shape index (κ1) is 18.8. The lowest BCUT2D eigenvalue weighted by Gasteiger charge is -2.21. The lowest BCUT2D eigenvalue weighted by atomic mass is 9.96. The Hall–Kier alpha value is -3.19. The molecule has 0 aliphatic carbocycles. The van der Waals surface area contributed by atoms with Crippen molar-refractivity contribution in [1.29, 1.82) is 0 Å². The summed E-state index contributed by atoms with van der Waals surface area (Å²) in [5.74, 6) is 3.18. The fraction of sp³-hybridized carbons (Fsp3) is 0.217. The van der Waals surface area contributed by atoms with Gasteiger partial charge in [0.05, 0.1) is 17.5 Å². The summed E-state index contributed by atoms with van der Waals surface area (Å²) in [4.78, 5) is 10.1. The van der Waals surface area contributed by atoms with Gasteiger partial charge in [0.15, 0.2) is 11.5 Å². The van der Waals surface area contributed by atoms with E-state index >= 15 is 0 Å². The molecule has 0 amide bonds. The lowest BCUT2D eigenvalue weighted by molar-refractivity contribution is 0.171. The van der Waals surface area contributed by atoms with Crippen LogP contribution in [0.3, 0.4) is 0 Å². The second-order valence-electron chi connectivity index (χ2n) is 7.25. The lowest BCUT2D eigenvalue weighted by Crippen LogP contribution is -2.15. The maximum atomic E-state index is 5.82. The number of ether oxygens (including phenoxy) is 3. The Morgan fingerprint density at radius 3 is 2.73 bits per heavy atom. The number of pyridine rings is 1. The first-order chi connectivity index (χ1) is 14.7. The third kappa shape index (κ3) is 3.80. The summed E-state index contributed by atoms with van der Waals surface area (Å²) in [7, 11) is 0. The number of aromatic nitrogens is 1. The van der Waals surface area contributed by atoms with Crippen LogP contribution in [-0.2, 0) is 0 Å². The predicted molar refractivity (Wildman–Crippen MR) is 119 cm³/mol. The standard InChI is InChI=1S/C23H21N3O3S/c1-14(2)29-16-3-5-19-18(12-16)23(25-19)15-7-8-24-22(11-15)26-30-17-4-6-20-21(13-17)28-10-9-27-20/h3-8,11-14H,9-10H2,1-2H3,(H,24,26). The highest BCUT2D eigenvalue weighted by Gasteiger charge is 2.21. The summed E-state index contributed by atoms with van der Waals surface area (Å²) in [5.41, 5.74) is 4.06. The van der Waals surface area contributed by atoms with E-state index in [0.29, 0.717) is 13.2 Å². The number of rotatable bonds is 6. The van der Waals surface area contributed by atoms with Crippen LogP contribution in [0.15, 0.2) is 64.6 Å². The molecule has 152 valence electrons. The fourth-order valence-corrected chi connectivity index (χ4v) is 3.96. The van der Waals surface area contributed by atoms with Gasteiger partial charge in [0.2, 0.25) is 0 Å². The SMILES string of the molecule is CC(C)Oc1ccc2c(c1)C(c1ccnc(NSc3ccc4c(c3)OCCO4)c1)=N2. The van der Waals surface area contributed by atoms with Crippen molar-refractivity contribution in [1.82, 2.24) is 4.98 Å². The largest absolute Gasteiger partial charge is 0.491 e. The zero-order valence-corrected chi connectivity index (χ0v) is 17.5. The molecule has 2 aromatic carbocycles. The van der Waals surface area contributed by atoms with Gasteiger partial charge in [-0.15, -0.1) is 0 Å². The van der Waals surface area contributed by atoms with Gasteiger partial charge in [-0.05, 0) is 74.3 Å². The van der Waals surface area contributed by atoms with Crippen molar-refractivity contribution in [3.63, 3.8) is 0 Å². The predicted octanol–water partition coefficient (Wildman–Crippen LogP) is 5.24. The molecule has 0 unspecified atom stereocenters.